The van der Waals surface area contributed by atoms with E-state index in [1.165, 1.54) is 18.2 Å². The Bertz CT molecular complexity index is 514. The first-order valence-corrected chi connectivity index (χ1v) is 5.52. The fourth-order valence-electron chi connectivity index (χ4n) is 1.20. The van der Waals surface area contributed by atoms with Gasteiger partial charge in [0.05, 0.1) is 4.91 Å². The van der Waals surface area contributed by atoms with Crippen LogP contribution in [0, 0.1) is 5.82 Å². The van der Waals surface area contributed by atoms with Crippen molar-refractivity contribution in [2.45, 2.75) is 0 Å². The highest BCUT2D eigenvalue weighted by atomic mass is 32.2. The third kappa shape index (κ3) is 2.23. The average Bonchev–Trinajstić information content (AvgIpc) is 2.51. The van der Waals surface area contributed by atoms with E-state index in [0.29, 0.717) is 9.23 Å². The van der Waals surface area contributed by atoms with Crippen LogP contribution in [0.25, 0.3) is 6.08 Å². The molecule has 16 heavy (non-hydrogen) atoms. The predicted octanol–water partition coefficient (Wildman–Crippen LogP) is 2.02. The highest BCUT2D eigenvalue weighted by Crippen LogP contribution is 2.27. The molecule has 0 bridgehead atoms. The van der Waals surface area contributed by atoms with Crippen LogP contribution >= 0.6 is 24.0 Å². The Morgan fingerprint density at radius 1 is 1.50 bits per heavy atom. The normalized spacial score (nSPS) is 17.9. The number of amides is 1. The highest BCUT2D eigenvalue weighted by Gasteiger charge is 2.22. The number of rotatable bonds is 1. The predicted molar refractivity (Wildman–Crippen MR) is 64.4 cm³/mol. The summed E-state index contributed by atoms with van der Waals surface area (Å²) in [4.78, 5) is 11.6. The zero-order valence-electron chi connectivity index (χ0n) is 7.86. The monoisotopic (exact) mass is 255 g/mol. The molecule has 1 saturated heterocycles. The molecule has 0 unspecified atom stereocenters. The Morgan fingerprint density at radius 2 is 2.25 bits per heavy atom. The van der Waals surface area contributed by atoms with Gasteiger partial charge in [-0.3, -0.25) is 4.79 Å². The molecule has 2 N–H and O–H groups in total. The summed E-state index contributed by atoms with van der Waals surface area (Å²) in [7, 11) is 0. The van der Waals surface area contributed by atoms with Crippen LogP contribution in [0.2, 0.25) is 0 Å². The summed E-state index contributed by atoms with van der Waals surface area (Å²) in [6.07, 6.45) is 1.36. The maximum Gasteiger partial charge on any atom is 0.263 e. The summed E-state index contributed by atoms with van der Waals surface area (Å²) in [5.41, 5.74) is 0.155. The number of nitrogens with one attached hydrogen (secondary N) is 1. The molecule has 2 rings (SSSR count). The van der Waals surface area contributed by atoms with Gasteiger partial charge in [-0.05, 0) is 24.3 Å². The topological polar surface area (TPSA) is 49.3 Å². The fraction of sp³-hybridized carbons (Fsp3) is 0. The number of hydrogen-bond donors (Lipinski definition) is 2. The van der Waals surface area contributed by atoms with Crippen molar-refractivity contribution in [1.82, 2.24) is 5.32 Å². The van der Waals surface area contributed by atoms with Crippen molar-refractivity contribution in [1.29, 1.82) is 0 Å². The van der Waals surface area contributed by atoms with Gasteiger partial charge >= 0.3 is 0 Å². The first-order chi connectivity index (χ1) is 7.56. The van der Waals surface area contributed by atoms with Gasteiger partial charge in [0.15, 0.2) is 0 Å². The first kappa shape index (κ1) is 11.1. The van der Waals surface area contributed by atoms with E-state index in [-0.39, 0.29) is 17.2 Å². The smallest absolute Gasteiger partial charge is 0.263 e. The van der Waals surface area contributed by atoms with Crippen LogP contribution in [0.3, 0.4) is 0 Å². The molecule has 0 atom stereocenters. The molecule has 0 spiro atoms. The number of aromatic hydroxyl groups is 1. The van der Waals surface area contributed by atoms with E-state index in [2.05, 4.69) is 5.32 Å². The van der Waals surface area contributed by atoms with Crippen LogP contribution in [-0.2, 0) is 4.79 Å². The molecule has 1 aliphatic heterocycles. The standard InChI is InChI=1S/C10H6FNO2S2/c11-7-2-1-6(13)3-5(7)4-8-9(14)12-10(15)16-8/h1-4,13H,(H,12,14,15)/b8-4-. The lowest BCUT2D eigenvalue weighted by Gasteiger charge is -1.98. The molecule has 6 heteroatoms. The molecule has 1 amide bonds. The zero-order valence-corrected chi connectivity index (χ0v) is 9.49. The number of halogens is 1. The van der Waals surface area contributed by atoms with Crippen LogP contribution in [0.15, 0.2) is 23.1 Å². The van der Waals surface area contributed by atoms with E-state index < -0.39 is 5.82 Å². The second-order valence-corrected chi connectivity index (χ2v) is 4.78. The van der Waals surface area contributed by atoms with Crippen molar-refractivity contribution in [2.75, 3.05) is 0 Å². The van der Waals surface area contributed by atoms with Gasteiger partial charge in [-0.25, -0.2) is 4.39 Å². The largest absolute Gasteiger partial charge is 0.508 e. The maximum absolute atomic E-state index is 13.3. The Balaban J connectivity index is 2.39. The molecule has 3 nitrogen and oxygen atoms in total. The van der Waals surface area contributed by atoms with Gasteiger partial charge < -0.3 is 10.4 Å². The van der Waals surface area contributed by atoms with Crippen LogP contribution in [0.1, 0.15) is 5.56 Å². The summed E-state index contributed by atoms with van der Waals surface area (Å²) in [5.74, 6) is -0.909. The second-order valence-electron chi connectivity index (χ2n) is 3.06. The van der Waals surface area contributed by atoms with E-state index in [1.807, 2.05) is 0 Å². The Labute approximate surface area is 100 Å². The molecule has 0 aliphatic carbocycles. The van der Waals surface area contributed by atoms with Crippen molar-refractivity contribution in [3.8, 4) is 5.75 Å². The third-order valence-electron chi connectivity index (χ3n) is 1.91. The van der Waals surface area contributed by atoms with Crippen LogP contribution in [0.5, 0.6) is 5.75 Å². The summed E-state index contributed by atoms with van der Waals surface area (Å²) >= 11 is 5.86. The lowest BCUT2D eigenvalue weighted by atomic mass is 10.2. The van der Waals surface area contributed by atoms with Gasteiger partial charge in [0.25, 0.3) is 5.91 Å². The van der Waals surface area contributed by atoms with Crippen molar-refractivity contribution in [3.05, 3.63) is 34.5 Å². The zero-order chi connectivity index (χ0) is 11.7. The van der Waals surface area contributed by atoms with Crippen molar-refractivity contribution in [2.24, 2.45) is 0 Å². The number of carbonyl (C=O) groups is 1. The number of thiocarbonyl (C=S) groups is 1. The number of hydrogen-bond acceptors (Lipinski definition) is 4. The van der Waals surface area contributed by atoms with E-state index in [1.54, 1.807) is 0 Å². The molecule has 82 valence electrons. The van der Waals surface area contributed by atoms with Gasteiger partial charge in [0.2, 0.25) is 0 Å². The van der Waals surface area contributed by atoms with E-state index >= 15 is 0 Å². The molecule has 0 radical (unpaired) electrons. The van der Waals surface area contributed by atoms with Crippen LogP contribution in [0.4, 0.5) is 4.39 Å². The van der Waals surface area contributed by atoms with Gasteiger partial charge in [-0.1, -0.05) is 24.0 Å². The van der Waals surface area contributed by atoms with E-state index in [9.17, 15) is 14.3 Å². The van der Waals surface area contributed by atoms with Gasteiger partial charge in [-0.2, -0.15) is 0 Å². The molecular formula is C10H6FNO2S2. The molecule has 1 aromatic rings. The number of benzene rings is 1. The average molecular weight is 255 g/mol. The minimum atomic E-state index is -0.503. The van der Waals surface area contributed by atoms with E-state index in [4.69, 9.17) is 12.2 Å². The van der Waals surface area contributed by atoms with Crippen LogP contribution < -0.4 is 5.32 Å². The van der Waals surface area contributed by atoms with E-state index in [0.717, 1.165) is 17.8 Å². The van der Waals surface area contributed by atoms with Gasteiger partial charge in [0, 0.05) is 5.56 Å². The highest BCUT2D eigenvalue weighted by molar-refractivity contribution is 8.26. The fourth-order valence-corrected chi connectivity index (χ4v) is 2.24. The Morgan fingerprint density at radius 3 is 2.88 bits per heavy atom. The summed E-state index contributed by atoms with van der Waals surface area (Å²) < 4.78 is 13.7. The lowest BCUT2D eigenvalue weighted by molar-refractivity contribution is -0.115. The summed E-state index contributed by atoms with van der Waals surface area (Å²) in [6.45, 7) is 0. The molecule has 1 aliphatic rings. The summed E-state index contributed by atoms with van der Waals surface area (Å²) in [5, 5.41) is 11.6. The molecular weight excluding hydrogens is 249 g/mol. The third-order valence-corrected chi connectivity index (χ3v) is 3.07. The minimum absolute atomic E-state index is 0.0563. The Hall–Kier alpha value is -1.40. The van der Waals surface area contributed by atoms with Crippen molar-refractivity contribution < 1.29 is 14.3 Å². The number of phenols is 1. The van der Waals surface area contributed by atoms with Gasteiger partial charge in [-0.15, -0.1) is 0 Å². The molecule has 0 aromatic heterocycles. The number of thioether (sulfide) groups is 1. The van der Waals surface area contributed by atoms with Gasteiger partial charge in [0.1, 0.15) is 15.9 Å². The minimum Gasteiger partial charge on any atom is -0.508 e. The lowest BCUT2D eigenvalue weighted by Crippen LogP contribution is -2.17. The molecule has 1 aromatic carbocycles. The maximum atomic E-state index is 13.3. The number of phenolic OH excluding ortho intramolecular Hbond substituents is 1. The second kappa shape index (κ2) is 4.23. The first-order valence-electron chi connectivity index (χ1n) is 4.29. The molecule has 1 fully saturated rings. The molecule has 0 saturated carbocycles. The summed E-state index contributed by atoms with van der Waals surface area (Å²) in [6, 6.07) is 3.62. The van der Waals surface area contributed by atoms with Crippen molar-refractivity contribution in [3.63, 3.8) is 0 Å². The quantitative estimate of drug-likeness (QED) is 0.595. The number of carbonyl (C=O) groups excluding carboxylic acids is 1. The SMILES string of the molecule is O=C1NC(=S)S/C1=C\c1cc(O)ccc1F. The molecule has 1 heterocycles. The Kier molecular flexibility index (Phi) is 2.93. The van der Waals surface area contributed by atoms with Crippen molar-refractivity contribution >= 4 is 40.3 Å². The van der Waals surface area contributed by atoms with Crippen LogP contribution in [-0.4, -0.2) is 15.3 Å².